The lowest BCUT2D eigenvalue weighted by Gasteiger charge is -2.32. The van der Waals surface area contributed by atoms with Gasteiger partial charge in [-0.25, -0.2) is 0 Å². The molecule has 0 saturated heterocycles. The Morgan fingerprint density at radius 1 is 0.491 bits per heavy atom. The van der Waals surface area contributed by atoms with E-state index in [2.05, 4.69) is 71.9 Å². The Balaban J connectivity index is 1.40. The Morgan fingerprint density at radius 3 is 1.51 bits per heavy atom. The summed E-state index contributed by atoms with van der Waals surface area (Å²) in [6.45, 7) is 13.0. The summed E-state index contributed by atoms with van der Waals surface area (Å²) in [5, 5.41) is 2.87. The molecule has 1 aromatic heterocycles. The average Bonchev–Trinajstić information content (AvgIpc) is 3.33. The van der Waals surface area contributed by atoms with Crippen molar-refractivity contribution in [2.24, 2.45) is 0 Å². The minimum Gasteiger partial charge on any atom is -0.497 e. The fraction of sp³-hybridized carbons (Fsp3) is 0.217. The first-order chi connectivity index (χ1) is 26.4. The standard InChI is InChI=1S/C46H44O7P2/c1-45(2,3)37-27-29(47-7)25-35(43(37)52-54-42-24-16-12-20-34(42)33-19-11-13-21-39(33)49-54)36-26-30(48-8)28-38(46(4,5)6)44(36)53-55-50-40-22-14-9-17-31(40)32-18-10-15-23-41(32)51-55/h9-28H,1-8H3. The zero-order valence-electron chi connectivity index (χ0n) is 32.3. The van der Waals surface area contributed by atoms with E-state index in [1.165, 1.54) is 0 Å². The van der Waals surface area contributed by atoms with Crippen LogP contribution >= 0.6 is 16.6 Å². The van der Waals surface area contributed by atoms with Gasteiger partial charge in [-0.2, -0.15) is 0 Å². The van der Waals surface area contributed by atoms with Gasteiger partial charge in [-0.3, -0.25) is 0 Å². The van der Waals surface area contributed by atoms with Crippen molar-refractivity contribution in [3.8, 4) is 51.0 Å². The predicted octanol–water partition coefficient (Wildman–Crippen LogP) is 13.5. The van der Waals surface area contributed by atoms with Crippen LogP contribution in [0.25, 0.3) is 44.2 Å². The Hall–Kier alpha value is -5.35. The van der Waals surface area contributed by atoms with Gasteiger partial charge in [0.25, 0.3) is 0 Å². The zero-order valence-corrected chi connectivity index (χ0v) is 34.1. The molecule has 7 aromatic rings. The molecule has 0 bridgehead atoms. The summed E-state index contributed by atoms with van der Waals surface area (Å²) in [6.07, 6.45) is 0. The van der Waals surface area contributed by atoms with Gasteiger partial charge in [0, 0.05) is 38.6 Å². The summed E-state index contributed by atoms with van der Waals surface area (Å²) in [6, 6.07) is 40.4. The van der Waals surface area contributed by atoms with E-state index in [1.807, 2.05) is 91.0 Å². The highest BCUT2D eigenvalue weighted by atomic mass is 31.2. The van der Waals surface area contributed by atoms with Gasteiger partial charge in [-0.15, -0.1) is 0 Å². The molecular formula is C46H44O7P2. The number of hydrogen-bond donors (Lipinski definition) is 0. The first-order valence-electron chi connectivity index (χ1n) is 18.3. The second-order valence-corrected chi connectivity index (χ2v) is 17.9. The topological polar surface area (TPSA) is 72.4 Å². The predicted molar refractivity (Wildman–Crippen MR) is 224 cm³/mol. The lowest BCUT2D eigenvalue weighted by atomic mass is 9.81. The molecule has 280 valence electrons. The van der Waals surface area contributed by atoms with Crippen LogP contribution in [0.4, 0.5) is 0 Å². The van der Waals surface area contributed by atoms with Crippen molar-refractivity contribution in [2.75, 3.05) is 14.2 Å². The van der Waals surface area contributed by atoms with Crippen LogP contribution in [-0.4, -0.2) is 14.2 Å². The van der Waals surface area contributed by atoms with Crippen LogP contribution in [0.2, 0.25) is 0 Å². The summed E-state index contributed by atoms with van der Waals surface area (Å²) >= 11 is 0. The third kappa shape index (κ3) is 7.04. The van der Waals surface area contributed by atoms with Crippen LogP contribution in [-0.2, 0) is 10.8 Å². The maximum absolute atomic E-state index is 7.27. The third-order valence-electron chi connectivity index (χ3n) is 9.71. The van der Waals surface area contributed by atoms with Crippen molar-refractivity contribution < 1.29 is 31.4 Å². The molecule has 1 atom stereocenters. The number of fused-ring (bicyclic) bond motifs is 6. The molecule has 0 spiro atoms. The molecule has 6 aromatic carbocycles. The fourth-order valence-electron chi connectivity index (χ4n) is 6.90. The Bertz CT molecular complexity index is 2540. The van der Waals surface area contributed by atoms with E-state index < -0.39 is 16.6 Å². The highest BCUT2D eigenvalue weighted by Gasteiger charge is 2.35. The molecule has 0 radical (unpaired) electrons. The van der Waals surface area contributed by atoms with Crippen molar-refractivity contribution in [2.45, 2.75) is 52.4 Å². The van der Waals surface area contributed by atoms with Gasteiger partial charge in [0.1, 0.15) is 39.9 Å². The Labute approximate surface area is 324 Å². The monoisotopic (exact) mass is 770 g/mol. The number of ether oxygens (including phenoxy) is 2. The summed E-state index contributed by atoms with van der Waals surface area (Å²) in [5.74, 6) is 3.39. The first-order valence-corrected chi connectivity index (χ1v) is 20.5. The van der Waals surface area contributed by atoms with Crippen LogP contribution < -0.4 is 28.3 Å². The van der Waals surface area contributed by atoms with Gasteiger partial charge >= 0.3 is 16.6 Å². The molecule has 8 rings (SSSR count). The van der Waals surface area contributed by atoms with E-state index in [0.717, 1.165) is 55.2 Å². The largest absolute Gasteiger partial charge is 0.497 e. The first kappa shape index (κ1) is 36.6. The number of para-hydroxylation sites is 3. The van der Waals surface area contributed by atoms with Crippen LogP contribution in [0.1, 0.15) is 52.7 Å². The molecule has 7 nitrogen and oxygen atoms in total. The van der Waals surface area contributed by atoms with E-state index in [9.17, 15) is 0 Å². The molecule has 0 amide bonds. The molecule has 1 unspecified atom stereocenters. The zero-order chi connectivity index (χ0) is 38.5. The summed E-state index contributed by atoms with van der Waals surface area (Å²) < 4.78 is 46.3. The fourth-order valence-corrected chi connectivity index (χ4v) is 9.53. The van der Waals surface area contributed by atoms with Gasteiger partial charge in [0.05, 0.1) is 19.5 Å². The van der Waals surface area contributed by atoms with Gasteiger partial charge in [-0.1, -0.05) is 114 Å². The smallest absolute Gasteiger partial charge is 0.453 e. The molecule has 0 aliphatic carbocycles. The quantitative estimate of drug-likeness (QED) is 0.149. The van der Waals surface area contributed by atoms with Crippen LogP contribution in [0, 0.1) is 0 Å². The molecule has 2 heterocycles. The van der Waals surface area contributed by atoms with E-state index in [-0.39, 0.29) is 10.8 Å². The second-order valence-electron chi connectivity index (χ2n) is 15.5. The maximum Gasteiger partial charge on any atom is 0.453 e. The Kier molecular flexibility index (Phi) is 9.57. The minimum absolute atomic E-state index is 0.362. The third-order valence-corrected chi connectivity index (χ3v) is 12.2. The van der Waals surface area contributed by atoms with Crippen LogP contribution in [0.5, 0.6) is 28.7 Å². The molecule has 55 heavy (non-hydrogen) atoms. The molecule has 1 aliphatic heterocycles. The van der Waals surface area contributed by atoms with E-state index >= 15 is 0 Å². The van der Waals surface area contributed by atoms with E-state index in [4.69, 9.17) is 31.4 Å². The van der Waals surface area contributed by atoms with Gasteiger partial charge < -0.3 is 31.4 Å². The average molecular weight is 771 g/mol. The maximum atomic E-state index is 7.27. The van der Waals surface area contributed by atoms with Gasteiger partial charge in [-0.05, 0) is 64.9 Å². The summed E-state index contributed by atoms with van der Waals surface area (Å²) in [5.41, 5.74) is 6.11. The van der Waals surface area contributed by atoms with Crippen molar-refractivity contribution in [3.63, 3.8) is 0 Å². The molecule has 0 saturated carbocycles. The number of rotatable bonds is 7. The van der Waals surface area contributed by atoms with Gasteiger partial charge in [0.15, 0.2) is 0 Å². The van der Waals surface area contributed by atoms with Crippen molar-refractivity contribution >= 4 is 43.9 Å². The molecule has 0 N–H and O–H groups in total. The number of methoxy groups -OCH3 is 2. The Morgan fingerprint density at radius 2 is 0.964 bits per heavy atom. The van der Waals surface area contributed by atoms with Crippen molar-refractivity contribution in [1.29, 1.82) is 0 Å². The number of benzene rings is 6. The highest BCUT2D eigenvalue weighted by Crippen LogP contribution is 2.56. The van der Waals surface area contributed by atoms with Crippen molar-refractivity contribution in [1.82, 2.24) is 0 Å². The normalized spacial score (nSPS) is 13.8. The van der Waals surface area contributed by atoms with Gasteiger partial charge in [0.2, 0.25) is 0 Å². The van der Waals surface area contributed by atoms with Crippen LogP contribution in [0.15, 0.2) is 130 Å². The minimum atomic E-state index is -2.00. The summed E-state index contributed by atoms with van der Waals surface area (Å²) in [4.78, 5) is 0. The van der Waals surface area contributed by atoms with E-state index in [0.29, 0.717) is 34.2 Å². The number of hydrogen-bond acceptors (Lipinski definition) is 7. The van der Waals surface area contributed by atoms with Crippen LogP contribution in [0.3, 0.4) is 0 Å². The lowest BCUT2D eigenvalue weighted by molar-refractivity contribution is 0.409. The molecule has 0 fully saturated rings. The molecular weight excluding hydrogens is 726 g/mol. The molecule has 9 heteroatoms. The SMILES string of the molecule is COc1cc(-c2cc(OC)cc(C(C)(C)C)c2Op2oc3ccccc3c3ccccc3o2)c(OP2Oc3ccccc3-c3ccccc32)c(C(C)(C)C)c1. The van der Waals surface area contributed by atoms with Crippen molar-refractivity contribution in [3.05, 3.63) is 132 Å². The highest BCUT2D eigenvalue weighted by molar-refractivity contribution is 7.57. The lowest BCUT2D eigenvalue weighted by Crippen LogP contribution is -2.20. The van der Waals surface area contributed by atoms with E-state index in [1.54, 1.807) is 14.2 Å². The summed E-state index contributed by atoms with van der Waals surface area (Å²) in [7, 11) is -0.256. The molecule has 1 aliphatic rings. The second kappa shape index (κ2) is 14.4.